The van der Waals surface area contributed by atoms with Crippen LogP contribution in [0.5, 0.6) is 0 Å². The van der Waals surface area contributed by atoms with Gasteiger partial charge in [0.05, 0.1) is 5.60 Å². The summed E-state index contributed by atoms with van der Waals surface area (Å²) in [6, 6.07) is -1.08. The van der Waals surface area contributed by atoms with Crippen molar-refractivity contribution in [3.05, 3.63) is 10.4 Å². The average Bonchev–Trinajstić information content (AvgIpc) is 2.69. The van der Waals surface area contributed by atoms with Gasteiger partial charge in [-0.3, -0.25) is 14.4 Å². The summed E-state index contributed by atoms with van der Waals surface area (Å²) in [5.74, 6) is -0.0152. The van der Waals surface area contributed by atoms with Crippen LogP contribution in [0.1, 0.15) is 59.3 Å². The molecule has 0 unspecified atom stereocenters. The van der Waals surface area contributed by atoms with Crippen LogP contribution >= 0.6 is 0 Å². The van der Waals surface area contributed by atoms with Crippen LogP contribution in [0.2, 0.25) is 0 Å². The number of ether oxygens (including phenoxy) is 5. The van der Waals surface area contributed by atoms with Gasteiger partial charge in [-0.15, -0.1) is 0 Å². The lowest BCUT2D eigenvalue weighted by atomic mass is 9.54. The van der Waals surface area contributed by atoms with Crippen molar-refractivity contribution >= 4 is 17.9 Å². The predicted octanol–water partition coefficient (Wildman–Crippen LogP) is 2.80. The van der Waals surface area contributed by atoms with E-state index in [-0.39, 0.29) is 6.61 Å². The molecule has 5 aliphatic rings. The van der Waals surface area contributed by atoms with Gasteiger partial charge in [-0.1, -0.05) is 5.11 Å². The second-order valence-electron chi connectivity index (χ2n) is 9.91. The fourth-order valence-electron chi connectivity index (χ4n) is 6.59. The average molecular weight is 466 g/mol. The molecule has 5 rings (SSSR count). The fraction of sp³-hybridized carbons (Fsp3) is 0.864. The van der Waals surface area contributed by atoms with Crippen LogP contribution in [0, 0.1) is 17.8 Å². The van der Waals surface area contributed by atoms with Crippen molar-refractivity contribution in [3.8, 4) is 0 Å². The van der Waals surface area contributed by atoms with E-state index in [0.717, 1.165) is 19.3 Å². The summed E-state index contributed by atoms with van der Waals surface area (Å²) in [4.78, 5) is 38.1. The molecule has 1 saturated heterocycles. The van der Waals surface area contributed by atoms with Gasteiger partial charge in [0.15, 0.2) is 18.5 Å². The number of carbonyl (C=O) groups excluding carboxylic acids is 3. The Bertz CT molecular complexity index is 806. The Morgan fingerprint density at radius 2 is 1.48 bits per heavy atom. The third-order valence-corrected chi connectivity index (χ3v) is 7.20. The lowest BCUT2D eigenvalue weighted by Crippen LogP contribution is -2.63. The Hall–Kier alpha value is -2.36. The Morgan fingerprint density at radius 1 is 0.939 bits per heavy atom. The zero-order chi connectivity index (χ0) is 23.8. The molecule has 5 fully saturated rings. The third kappa shape index (κ3) is 5.26. The number of esters is 3. The largest absolute Gasteiger partial charge is 0.463 e. The molecule has 4 aliphatic carbocycles. The molecule has 11 heteroatoms. The van der Waals surface area contributed by atoms with E-state index >= 15 is 0 Å². The maximum Gasteiger partial charge on any atom is 0.303 e. The normalized spacial score (nSPS) is 41.1. The molecule has 0 aromatic heterocycles. The molecular formula is C22H31N3O8. The molecule has 0 aromatic rings. The van der Waals surface area contributed by atoms with Crippen molar-refractivity contribution < 1.29 is 38.1 Å². The number of nitrogens with zero attached hydrogens (tertiary/aromatic N) is 3. The molecule has 0 spiro atoms. The van der Waals surface area contributed by atoms with Crippen molar-refractivity contribution in [2.24, 2.45) is 22.9 Å². The first-order valence-electron chi connectivity index (χ1n) is 11.5. The number of rotatable bonds is 7. The van der Waals surface area contributed by atoms with Gasteiger partial charge in [0.2, 0.25) is 0 Å². The molecule has 11 nitrogen and oxygen atoms in total. The van der Waals surface area contributed by atoms with Crippen LogP contribution in [-0.4, -0.2) is 60.8 Å². The first-order chi connectivity index (χ1) is 15.7. The van der Waals surface area contributed by atoms with Crippen LogP contribution < -0.4 is 0 Å². The number of azide groups is 1. The fourth-order valence-corrected chi connectivity index (χ4v) is 6.59. The van der Waals surface area contributed by atoms with Crippen molar-refractivity contribution in [2.75, 3.05) is 6.61 Å². The second-order valence-corrected chi connectivity index (χ2v) is 9.91. The summed E-state index contributed by atoms with van der Waals surface area (Å²) in [5, 5.41) is 3.84. The zero-order valence-electron chi connectivity index (χ0n) is 19.2. The highest BCUT2D eigenvalue weighted by atomic mass is 16.7. The molecule has 33 heavy (non-hydrogen) atoms. The first kappa shape index (κ1) is 23.8. The predicted molar refractivity (Wildman–Crippen MR) is 111 cm³/mol. The Labute approximate surface area is 192 Å². The van der Waals surface area contributed by atoms with Gasteiger partial charge in [-0.2, -0.15) is 0 Å². The molecule has 182 valence electrons. The van der Waals surface area contributed by atoms with E-state index in [1.54, 1.807) is 0 Å². The second kappa shape index (κ2) is 9.48. The summed E-state index contributed by atoms with van der Waals surface area (Å²) >= 11 is 0. The minimum Gasteiger partial charge on any atom is -0.463 e. The molecule has 0 aromatic carbocycles. The van der Waals surface area contributed by atoms with E-state index in [1.165, 1.54) is 40.0 Å². The number of hydrogen-bond acceptors (Lipinski definition) is 9. The van der Waals surface area contributed by atoms with Gasteiger partial charge in [-0.05, 0) is 61.8 Å². The van der Waals surface area contributed by atoms with Crippen molar-refractivity contribution in [3.63, 3.8) is 0 Å². The van der Waals surface area contributed by atoms with Gasteiger partial charge in [0.25, 0.3) is 0 Å². The van der Waals surface area contributed by atoms with Gasteiger partial charge in [-0.25, -0.2) is 0 Å². The van der Waals surface area contributed by atoms with Crippen molar-refractivity contribution in [2.45, 2.75) is 95.5 Å². The molecule has 0 radical (unpaired) electrons. The lowest BCUT2D eigenvalue weighted by molar-refractivity contribution is -0.318. The summed E-state index contributed by atoms with van der Waals surface area (Å²) < 4.78 is 28.7. The van der Waals surface area contributed by atoms with E-state index in [9.17, 15) is 19.9 Å². The summed E-state index contributed by atoms with van der Waals surface area (Å²) in [6.07, 6.45) is 2.05. The molecule has 5 atom stereocenters. The Kier molecular flexibility index (Phi) is 6.83. The van der Waals surface area contributed by atoms with Crippen molar-refractivity contribution in [1.82, 2.24) is 0 Å². The summed E-state index contributed by atoms with van der Waals surface area (Å²) in [5.41, 5.74) is 8.86. The SMILES string of the molecule is CC(=O)OC[C@H]1O[C@@H](OC23CC4CC(CC(C4)C2)C3)[C@H](N=[N+]=[N-])[C@@H](OC(C)=O)[C@H]1OC(C)=O. The zero-order valence-corrected chi connectivity index (χ0v) is 19.2. The van der Waals surface area contributed by atoms with Gasteiger partial charge >= 0.3 is 17.9 Å². The standard InChI is InChI=1S/C22H31N3O8/c1-11(26)29-10-17-19(30-12(2)27)20(31-13(3)28)18(24-25-23)21(32-17)33-22-7-14-4-15(8-22)6-16(5-14)9-22/h14-21H,4-10H2,1-3H3/t14?,15?,16?,17-,18-,19+,20-,21+,22?/m1/s1. The van der Waals surface area contributed by atoms with Crippen LogP contribution in [0.25, 0.3) is 10.4 Å². The quantitative estimate of drug-likeness (QED) is 0.183. The number of hydrogen-bond donors (Lipinski definition) is 0. The first-order valence-corrected chi connectivity index (χ1v) is 11.5. The topological polar surface area (TPSA) is 146 Å². The van der Waals surface area contributed by atoms with E-state index < -0.39 is 54.2 Å². The minimum absolute atomic E-state index is 0.241. The molecule has 1 heterocycles. The third-order valence-electron chi connectivity index (χ3n) is 7.20. The van der Waals surface area contributed by atoms with Gasteiger partial charge in [0, 0.05) is 25.7 Å². The maximum absolute atomic E-state index is 11.9. The van der Waals surface area contributed by atoms with Gasteiger partial charge in [0.1, 0.15) is 18.8 Å². The molecule has 1 aliphatic heterocycles. The van der Waals surface area contributed by atoms with Crippen LogP contribution in [0.4, 0.5) is 0 Å². The Balaban J connectivity index is 1.64. The molecule has 4 bridgehead atoms. The molecule has 4 saturated carbocycles. The van der Waals surface area contributed by atoms with E-state index in [1.807, 2.05) is 0 Å². The minimum atomic E-state index is -1.16. The molecule has 0 amide bonds. The van der Waals surface area contributed by atoms with E-state index in [0.29, 0.717) is 17.8 Å². The van der Waals surface area contributed by atoms with Gasteiger partial charge < -0.3 is 23.7 Å². The van der Waals surface area contributed by atoms with E-state index in [2.05, 4.69) is 10.0 Å². The van der Waals surface area contributed by atoms with Crippen molar-refractivity contribution in [1.29, 1.82) is 0 Å². The highest BCUT2D eigenvalue weighted by Gasteiger charge is 2.57. The smallest absolute Gasteiger partial charge is 0.303 e. The Morgan fingerprint density at radius 3 is 1.97 bits per heavy atom. The van der Waals surface area contributed by atoms with Crippen LogP contribution in [0.15, 0.2) is 5.11 Å². The van der Waals surface area contributed by atoms with Crippen LogP contribution in [-0.2, 0) is 38.1 Å². The summed E-state index contributed by atoms with van der Waals surface area (Å²) in [6.45, 7) is 3.42. The highest BCUT2D eigenvalue weighted by molar-refractivity contribution is 5.68. The lowest BCUT2D eigenvalue weighted by Gasteiger charge is -2.58. The number of carbonyl (C=O) groups is 3. The molecule has 0 N–H and O–H groups in total. The van der Waals surface area contributed by atoms with Crippen LogP contribution in [0.3, 0.4) is 0 Å². The highest BCUT2D eigenvalue weighted by Crippen LogP contribution is 2.57. The van der Waals surface area contributed by atoms with E-state index in [4.69, 9.17) is 23.7 Å². The maximum atomic E-state index is 11.9. The summed E-state index contributed by atoms with van der Waals surface area (Å²) in [7, 11) is 0. The molecular weight excluding hydrogens is 434 g/mol. The monoisotopic (exact) mass is 465 g/mol.